The summed E-state index contributed by atoms with van der Waals surface area (Å²) in [4.78, 5) is 11.9. The molecule has 0 heterocycles. The molecule has 0 aliphatic rings. The molecule has 2 N–H and O–H groups in total. The number of aliphatic hydroxyl groups is 1. The van der Waals surface area contributed by atoms with Gasteiger partial charge in [-0.2, -0.15) is 0 Å². The normalized spacial score (nSPS) is 14.7. The van der Waals surface area contributed by atoms with Crippen LogP contribution >= 0.6 is 0 Å². The lowest BCUT2D eigenvalue weighted by Crippen LogP contribution is -2.45. The molecular formula is C19H31NO4. The van der Waals surface area contributed by atoms with E-state index >= 15 is 0 Å². The van der Waals surface area contributed by atoms with Crippen LogP contribution in [0.25, 0.3) is 0 Å². The van der Waals surface area contributed by atoms with Gasteiger partial charge in [0.1, 0.15) is 17.0 Å². The second-order valence-electron chi connectivity index (χ2n) is 8.06. The molecule has 0 saturated heterocycles. The van der Waals surface area contributed by atoms with E-state index in [1.165, 1.54) is 0 Å². The summed E-state index contributed by atoms with van der Waals surface area (Å²) in [5.74, 6) is 0.792. The Morgan fingerprint density at radius 3 is 2.04 bits per heavy atom. The highest BCUT2D eigenvalue weighted by molar-refractivity contribution is 5.68. The number of aliphatic hydroxyl groups excluding tert-OH is 1. The molecule has 24 heavy (non-hydrogen) atoms. The van der Waals surface area contributed by atoms with E-state index < -0.39 is 23.8 Å². The molecule has 5 nitrogen and oxygen atoms in total. The van der Waals surface area contributed by atoms with Crippen molar-refractivity contribution in [3.8, 4) is 5.75 Å². The standard InChI is InChI=1S/C19H31NO4/c1-13(21)16(20-17(22)24-19(5,6)7)12-14-8-10-15(11-9-14)23-18(2,3)4/h8-11,13,16,21H,12H2,1-7H3,(H,20,22). The zero-order valence-electron chi connectivity index (χ0n) is 15.8. The smallest absolute Gasteiger partial charge is 0.407 e. The molecule has 0 aliphatic carbocycles. The van der Waals surface area contributed by atoms with Gasteiger partial charge in [-0.3, -0.25) is 0 Å². The molecule has 0 aromatic heterocycles. The zero-order valence-corrected chi connectivity index (χ0v) is 15.8. The molecular weight excluding hydrogens is 306 g/mol. The van der Waals surface area contributed by atoms with E-state index in [9.17, 15) is 9.90 Å². The molecule has 1 rings (SSSR count). The van der Waals surface area contributed by atoms with Crippen LogP contribution in [0.3, 0.4) is 0 Å². The predicted molar refractivity (Wildman–Crippen MR) is 95.4 cm³/mol. The SMILES string of the molecule is CC(O)C(Cc1ccc(OC(C)(C)C)cc1)NC(=O)OC(C)(C)C. The lowest BCUT2D eigenvalue weighted by atomic mass is 10.0. The van der Waals surface area contributed by atoms with Crippen LogP contribution in [-0.4, -0.2) is 34.5 Å². The molecule has 0 fully saturated rings. The summed E-state index contributed by atoms with van der Waals surface area (Å²) in [6, 6.07) is 7.25. The molecule has 0 aliphatic heterocycles. The molecule has 0 radical (unpaired) electrons. The van der Waals surface area contributed by atoms with Crippen molar-refractivity contribution in [3.63, 3.8) is 0 Å². The van der Waals surface area contributed by atoms with E-state index in [0.717, 1.165) is 11.3 Å². The fourth-order valence-electron chi connectivity index (χ4n) is 2.10. The molecule has 0 spiro atoms. The van der Waals surface area contributed by atoms with Crippen molar-refractivity contribution >= 4 is 6.09 Å². The van der Waals surface area contributed by atoms with Gasteiger partial charge in [-0.15, -0.1) is 0 Å². The number of carbonyl (C=O) groups excluding carboxylic acids is 1. The van der Waals surface area contributed by atoms with Crippen LogP contribution in [0, 0.1) is 0 Å². The van der Waals surface area contributed by atoms with E-state index in [2.05, 4.69) is 5.32 Å². The third kappa shape index (κ3) is 8.20. The molecule has 1 aromatic carbocycles. The van der Waals surface area contributed by atoms with Gasteiger partial charge in [-0.25, -0.2) is 4.79 Å². The van der Waals surface area contributed by atoms with Crippen LogP contribution < -0.4 is 10.1 Å². The molecule has 1 aromatic rings. The average Bonchev–Trinajstić information content (AvgIpc) is 2.36. The van der Waals surface area contributed by atoms with E-state index in [0.29, 0.717) is 6.42 Å². The first kappa shape index (κ1) is 20.3. The number of carbonyl (C=O) groups is 1. The molecule has 2 atom stereocenters. The van der Waals surface area contributed by atoms with E-state index in [4.69, 9.17) is 9.47 Å². The highest BCUT2D eigenvalue weighted by Crippen LogP contribution is 2.19. The predicted octanol–water partition coefficient (Wildman–Crippen LogP) is 3.68. The summed E-state index contributed by atoms with van der Waals surface area (Å²) >= 11 is 0. The van der Waals surface area contributed by atoms with Gasteiger partial charge in [0.2, 0.25) is 0 Å². The highest BCUT2D eigenvalue weighted by atomic mass is 16.6. The van der Waals surface area contributed by atoms with Crippen LogP contribution in [0.4, 0.5) is 4.79 Å². The molecule has 0 saturated carbocycles. The summed E-state index contributed by atoms with van der Waals surface area (Å²) in [6.07, 6.45) is -0.712. The Morgan fingerprint density at radius 1 is 1.08 bits per heavy atom. The Balaban J connectivity index is 2.70. The van der Waals surface area contributed by atoms with Gasteiger partial charge in [0.15, 0.2) is 0 Å². The molecule has 0 bridgehead atoms. The van der Waals surface area contributed by atoms with Gasteiger partial charge < -0.3 is 19.9 Å². The minimum absolute atomic E-state index is 0.248. The van der Waals surface area contributed by atoms with Gasteiger partial charge in [0, 0.05) is 0 Å². The third-order valence-electron chi connectivity index (χ3n) is 3.09. The summed E-state index contributed by atoms with van der Waals surface area (Å²) in [5, 5.41) is 12.7. The summed E-state index contributed by atoms with van der Waals surface area (Å²) in [7, 11) is 0. The average molecular weight is 337 g/mol. The maximum absolute atomic E-state index is 11.9. The fraction of sp³-hybridized carbons (Fsp3) is 0.632. The van der Waals surface area contributed by atoms with Gasteiger partial charge in [0.05, 0.1) is 12.1 Å². The van der Waals surface area contributed by atoms with Crippen molar-refractivity contribution in [2.24, 2.45) is 0 Å². The largest absolute Gasteiger partial charge is 0.488 e. The maximum atomic E-state index is 11.9. The van der Waals surface area contributed by atoms with Crippen LogP contribution in [0.15, 0.2) is 24.3 Å². The Labute approximate surface area is 145 Å². The number of amides is 1. The van der Waals surface area contributed by atoms with E-state index in [1.807, 2.05) is 45.0 Å². The number of alkyl carbamates (subject to hydrolysis) is 1. The first-order chi connectivity index (χ1) is 10.9. The van der Waals surface area contributed by atoms with Crippen molar-refractivity contribution in [1.29, 1.82) is 0 Å². The van der Waals surface area contributed by atoms with E-state index in [1.54, 1.807) is 27.7 Å². The number of benzene rings is 1. The van der Waals surface area contributed by atoms with Crippen LogP contribution in [0.2, 0.25) is 0 Å². The van der Waals surface area contributed by atoms with Crippen molar-refractivity contribution in [2.45, 2.75) is 78.2 Å². The fourth-order valence-corrected chi connectivity index (χ4v) is 2.10. The number of hydrogen-bond donors (Lipinski definition) is 2. The lowest BCUT2D eigenvalue weighted by Gasteiger charge is -2.25. The minimum Gasteiger partial charge on any atom is -0.488 e. The molecule has 1 amide bonds. The van der Waals surface area contributed by atoms with E-state index in [-0.39, 0.29) is 5.60 Å². The monoisotopic (exact) mass is 337 g/mol. The van der Waals surface area contributed by atoms with Crippen LogP contribution in [0.5, 0.6) is 5.75 Å². The van der Waals surface area contributed by atoms with Crippen molar-refractivity contribution in [1.82, 2.24) is 5.32 Å². The summed E-state index contributed by atoms with van der Waals surface area (Å²) < 4.78 is 11.0. The lowest BCUT2D eigenvalue weighted by molar-refractivity contribution is 0.0437. The quantitative estimate of drug-likeness (QED) is 0.860. The Bertz CT molecular complexity index is 524. The number of rotatable bonds is 5. The highest BCUT2D eigenvalue weighted by Gasteiger charge is 2.22. The summed E-state index contributed by atoms with van der Waals surface area (Å²) in [5.41, 5.74) is 0.180. The second kappa shape index (κ2) is 7.88. The summed E-state index contributed by atoms with van der Waals surface area (Å²) in [6.45, 7) is 13.0. The molecule has 5 heteroatoms. The third-order valence-corrected chi connectivity index (χ3v) is 3.09. The van der Waals surface area contributed by atoms with Crippen molar-refractivity contribution in [2.75, 3.05) is 0 Å². The maximum Gasteiger partial charge on any atom is 0.407 e. The van der Waals surface area contributed by atoms with Gasteiger partial charge in [-0.1, -0.05) is 12.1 Å². The van der Waals surface area contributed by atoms with Crippen LogP contribution in [-0.2, 0) is 11.2 Å². The number of nitrogens with one attached hydrogen (secondary N) is 1. The van der Waals surface area contributed by atoms with Gasteiger partial charge in [0.25, 0.3) is 0 Å². The topological polar surface area (TPSA) is 67.8 Å². The minimum atomic E-state index is -0.692. The molecule has 2 unspecified atom stereocenters. The Hall–Kier alpha value is -1.75. The van der Waals surface area contributed by atoms with Gasteiger partial charge >= 0.3 is 6.09 Å². The Kier molecular flexibility index (Phi) is 6.67. The second-order valence-corrected chi connectivity index (χ2v) is 8.06. The first-order valence-electron chi connectivity index (χ1n) is 8.31. The first-order valence-corrected chi connectivity index (χ1v) is 8.31. The van der Waals surface area contributed by atoms with Crippen LogP contribution in [0.1, 0.15) is 54.0 Å². The van der Waals surface area contributed by atoms with Crippen molar-refractivity contribution in [3.05, 3.63) is 29.8 Å². The number of ether oxygens (including phenoxy) is 2. The Morgan fingerprint density at radius 2 is 1.62 bits per heavy atom. The number of hydrogen-bond acceptors (Lipinski definition) is 4. The zero-order chi connectivity index (χ0) is 18.5. The van der Waals surface area contributed by atoms with Crippen molar-refractivity contribution < 1.29 is 19.4 Å². The van der Waals surface area contributed by atoms with Gasteiger partial charge in [-0.05, 0) is 72.6 Å². The molecule has 136 valence electrons.